The highest BCUT2D eigenvalue weighted by atomic mass is 16.6. The lowest BCUT2D eigenvalue weighted by molar-refractivity contribution is -0.390. The van der Waals surface area contributed by atoms with Crippen molar-refractivity contribution in [2.24, 2.45) is 0 Å². The van der Waals surface area contributed by atoms with Gasteiger partial charge in [0.25, 0.3) is 0 Å². The summed E-state index contributed by atoms with van der Waals surface area (Å²) in [6.07, 6.45) is 2.34. The molecular weight excluding hydrogens is 244 g/mol. The molecule has 0 unspecified atom stereocenters. The number of nitro groups is 1. The average molecular weight is 260 g/mol. The highest BCUT2D eigenvalue weighted by molar-refractivity contribution is 5.37. The molecule has 0 spiro atoms. The third-order valence-electron chi connectivity index (χ3n) is 2.79. The van der Waals surface area contributed by atoms with E-state index >= 15 is 0 Å². The maximum Gasteiger partial charge on any atom is 0.393 e. The van der Waals surface area contributed by atoms with E-state index in [1.165, 1.54) is 0 Å². The Kier molecular flexibility index (Phi) is 3.91. The Labute approximate surface area is 111 Å². The molecule has 2 rings (SSSR count). The number of hydrogen-bond donors (Lipinski definition) is 0. The number of hydrogen-bond acceptors (Lipinski definition) is 4. The Balaban J connectivity index is 2.32. The molecule has 2 aromatic rings. The minimum absolute atomic E-state index is 0.0642. The minimum Gasteiger partial charge on any atom is -0.358 e. The van der Waals surface area contributed by atoms with Crippen LogP contribution in [0.1, 0.15) is 5.56 Å². The Morgan fingerprint density at radius 2 is 2.00 bits per heavy atom. The predicted molar refractivity (Wildman–Crippen MR) is 72.5 cm³/mol. The Morgan fingerprint density at radius 3 is 2.58 bits per heavy atom. The zero-order valence-electron chi connectivity index (χ0n) is 11.0. The van der Waals surface area contributed by atoms with Crippen LogP contribution in [0.2, 0.25) is 0 Å². The molecule has 0 amide bonds. The lowest BCUT2D eigenvalue weighted by atomic mass is 10.2. The van der Waals surface area contributed by atoms with Gasteiger partial charge < -0.3 is 15.0 Å². The number of rotatable bonds is 5. The average Bonchev–Trinajstić information content (AvgIpc) is 2.81. The van der Waals surface area contributed by atoms with Crippen molar-refractivity contribution in [2.45, 2.75) is 6.42 Å². The van der Waals surface area contributed by atoms with Gasteiger partial charge in [-0.2, -0.15) is 0 Å². The molecule has 0 atom stereocenters. The van der Waals surface area contributed by atoms with Gasteiger partial charge in [-0.3, -0.25) is 0 Å². The highest BCUT2D eigenvalue weighted by Gasteiger charge is 2.21. The number of benzene rings is 1. The van der Waals surface area contributed by atoms with E-state index < -0.39 is 4.92 Å². The van der Waals surface area contributed by atoms with Crippen LogP contribution in [0, 0.1) is 10.1 Å². The molecule has 0 radical (unpaired) electrons. The van der Waals surface area contributed by atoms with Crippen LogP contribution < -0.4 is 0 Å². The van der Waals surface area contributed by atoms with Crippen molar-refractivity contribution in [3.05, 3.63) is 52.2 Å². The normalized spacial score (nSPS) is 10.9. The molecule has 6 heteroatoms. The second kappa shape index (κ2) is 5.62. The maximum absolute atomic E-state index is 11.0. The van der Waals surface area contributed by atoms with Crippen molar-refractivity contribution in [3.63, 3.8) is 0 Å². The molecule has 0 saturated carbocycles. The van der Waals surface area contributed by atoms with Crippen molar-refractivity contribution in [1.82, 2.24) is 14.7 Å². The predicted octanol–water partition coefficient (Wildman–Crippen LogP) is 1.88. The Bertz CT molecular complexity index is 563. The smallest absolute Gasteiger partial charge is 0.358 e. The zero-order chi connectivity index (χ0) is 13.8. The molecule has 1 aromatic carbocycles. The van der Waals surface area contributed by atoms with Gasteiger partial charge in [0.05, 0.1) is 22.5 Å². The van der Waals surface area contributed by atoms with Gasteiger partial charge in [-0.1, -0.05) is 18.2 Å². The number of likely N-dealkylation sites (N-methyl/N-ethyl adjacent to an activating group) is 1. The summed E-state index contributed by atoms with van der Waals surface area (Å²) in [5.41, 5.74) is 1.48. The third kappa shape index (κ3) is 3.17. The van der Waals surface area contributed by atoms with Crippen LogP contribution in [-0.2, 0) is 6.42 Å². The van der Waals surface area contributed by atoms with E-state index in [1.807, 2.05) is 49.3 Å². The molecule has 0 bridgehead atoms. The summed E-state index contributed by atoms with van der Waals surface area (Å²) < 4.78 is 1.56. The van der Waals surface area contributed by atoms with Crippen molar-refractivity contribution in [1.29, 1.82) is 0 Å². The van der Waals surface area contributed by atoms with Crippen molar-refractivity contribution >= 4 is 5.82 Å². The van der Waals surface area contributed by atoms with Crippen molar-refractivity contribution in [3.8, 4) is 5.69 Å². The number of aromatic nitrogens is 2. The SMILES string of the molecule is CN(C)CCc1cn(-c2ccccc2)nc1[N+](=O)[O-]. The van der Waals surface area contributed by atoms with E-state index in [1.54, 1.807) is 10.9 Å². The fourth-order valence-corrected chi connectivity index (χ4v) is 1.79. The summed E-state index contributed by atoms with van der Waals surface area (Å²) in [4.78, 5) is 12.6. The van der Waals surface area contributed by atoms with E-state index in [2.05, 4.69) is 5.10 Å². The molecule has 0 fully saturated rings. The van der Waals surface area contributed by atoms with Gasteiger partial charge in [0, 0.05) is 6.54 Å². The monoisotopic (exact) mass is 260 g/mol. The highest BCUT2D eigenvalue weighted by Crippen LogP contribution is 2.19. The number of para-hydroxylation sites is 1. The topological polar surface area (TPSA) is 64.2 Å². The molecule has 6 nitrogen and oxygen atoms in total. The van der Waals surface area contributed by atoms with E-state index in [9.17, 15) is 10.1 Å². The molecule has 0 aliphatic carbocycles. The maximum atomic E-state index is 11.0. The lowest BCUT2D eigenvalue weighted by Crippen LogP contribution is -2.15. The summed E-state index contributed by atoms with van der Waals surface area (Å²) in [5.74, 6) is -0.0642. The van der Waals surface area contributed by atoms with E-state index in [0.717, 1.165) is 12.2 Å². The first kappa shape index (κ1) is 13.2. The number of nitrogens with zero attached hydrogens (tertiary/aromatic N) is 4. The summed E-state index contributed by atoms with van der Waals surface area (Å²) in [7, 11) is 3.88. The summed E-state index contributed by atoms with van der Waals surface area (Å²) in [6.45, 7) is 0.751. The molecular formula is C13H16N4O2. The standard InChI is InChI=1S/C13H16N4O2/c1-15(2)9-8-11-10-16(14-13(11)17(18)19)12-6-4-3-5-7-12/h3-7,10H,8-9H2,1-2H3. The van der Waals surface area contributed by atoms with Crippen LogP contribution in [0.5, 0.6) is 0 Å². The molecule has 0 saturated heterocycles. The molecule has 19 heavy (non-hydrogen) atoms. The van der Waals surface area contributed by atoms with Gasteiger partial charge in [0.1, 0.15) is 0 Å². The fourth-order valence-electron chi connectivity index (χ4n) is 1.79. The molecule has 0 aliphatic heterocycles. The van der Waals surface area contributed by atoms with Crippen LogP contribution in [0.25, 0.3) is 5.69 Å². The van der Waals surface area contributed by atoms with Gasteiger partial charge in [-0.25, -0.2) is 0 Å². The van der Waals surface area contributed by atoms with Crippen molar-refractivity contribution < 1.29 is 4.92 Å². The van der Waals surface area contributed by atoms with E-state index in [-0.39, 0.29) is 5.82 Å². The largest absolute Gasteiger partial charge is 0.393 e. The van der Waals surface area contributed by atoms with Gasteiger partial charge in [-0.05, 0) is 37.6 Å². The van der Waals surface area contributed by atoms with Gasteiger partial charge in [0.15, 0.2) is 0 Å². The fraction of sp³-hybridized carbons (Fsp3) is 0.308. The van der Waals surface area contributed by atoms with Gasteiger partial charge in [0.2, 0.25) is 0 Å². The van der Waals surface area contributed by atoms with E-state index in [4.69, 9.17) is 0 Å². The lowest BCUT2D eigenvalue weighted by Gasteiger charge is -2.06. The molecule has 0 aliphatic rings. The quantitative estimate of drug-likeness (QED) is 0.608. The van der Waals surface area contributed by atoms with Crippen LogP contribution in [0.4, 0.5) is 5.82 Å². The summed E-state index contributed by atoms with van der Waals surface area (Å²) >= 11 is 0. The summed E-state index contributed by atoms with van der Waals surface area (Å²) in [5, 5.41) is 15.1. The Morgan fingerprint density at radius 1 is 1.32 bits per heavy atom. The van der Waals surface area contributed by atoms with Crippen LogP contribution >= 0.6 is 0 Å². The van der Waals surface area contributed by atoms with Crippen LogP contribution in [0.3, 0.4) is 0 Å². The first-order chi connectivity index (χ1) is 9.08. The molecule has 100 valence electrons. The van der Waals surface area contributed by atoms with E-state index in [0.29, 0.717) is 12.0 Å². The second-order valence-corrected chi connectivity index (χ2v) is 4.57. The molecule has 1 aromatic heterocycles. The summed E-state index contributed by atoms with van der Waals surface area (Å²) in [6, 6.07) is 9.39. The van der Waals surface area contributed by atoms with Crippen LogP contribution in [0.15, 0.2) is 36.5 Å². The minimum atomic E-state index is -0.426. The first-order valence-corrected chi connectivity index (χ1v) is 6.01. The Hall–Kier alpha value is -2.21. The van der Waals surface area contributed by atoms with Crippen LogP contribution in [-0.4, -0.2) is 40.2 Å². The van der Waals surface area contributed by atoms with Gasteiger partial charge in [-0.15, -0.1) is 4.68 Å². The second-order valence-electron chi connectivity index (χ2n) is 4.57. The molecule has 1 heterocycles. The first-order valence-electron chi connectivity index (χ1n) is 6.01. The van der Waals surface area contributed by atoms with Gasteiger partial charge >= 0.3 is 5.82 Å². The zero-order valence-corrected chi connectivity index (χ0v) is 11.0. The van der Waals surface area contributed by atoms with Crippen molar-refractivity contribution in [2.75, 3.05) is 20.6 Å². The molecule has 0 N–H and O–H groups in total. The third-order valence-corrected chi connectivity index (χ3v) is 2.79.